The second kappa shape index (κ2) is 13.3. The van der Waals surface area contributed by atoms with Crippen molar-refractivity contribution >= 4 is 5.97 Å². The molecule has 0 saturated carbocycles. The number of ether oxygens (including phenoxy) is 3. The summed E-state index contributed by atoms with van der Waals surface area (Å²) in [7, 11) is 1.77. The van der Waals surface area contributed by atoms with Gasteiger partial charge in [0, 0.05) is 32.8 Å². The van der Waals surface area contributed by atoms with Crippen LogP contribution < -0.4 is 5.32 Å². The summed E-state index contributed by atoms with van der Waals surface area (Å²) in [5, 5.41) is 3.00. The van der Waals surface area contributed by atoms with E-state index in [0.717, 1.165) is 13.1 Å². The van der Waals surface area contributed by atoms with Crippen LogP contribution in [0.1, 0.15) is 20.8 Å². The molecular formula is C14H30N2O4. The largest absolute Gasteiger partial charge is 0.465 e. The molecule has 0 spiro atoms. The van der Waals surface area contributed by atoms with Crippen LogP contribution in [0.2, 0.25) is 0 Å². The van der Waals surface area contributed by atoms with E-state index < -0.39 is 0 Å². The summed E-state index contributed by atoms with van der Waals surface area (Å²) in [4.78, 5) is 14.0. The van der Waals surface area contributed by atoms with Gasteiger partial charge in [0.05, 0.1) is 19.8 Å². The molecule has 1 N–H and O–H groups in total. The molecule has 0 amide bonds. The minimum atomic E-state index is -0.321. The van der Waals surface area contributed by atoms with Gasteiger partial charge in [0.25, 0.3) is 0 Å². The van der Waals surface area contributed by atoms with Crippen molar-refractivity contribution in [2.45, 2.75) is 26.8 Å². The van der Waals surface area contributed by atoms with Crippen LogP contribution in [0, 0.1) is 0 Å². The lowest BCUT2D eigenvalue weighted by molar-refractivity contribution is -0.146. The van der Waals surface area contributed by atoms with Gasteiger partial charge in [0.2, 0.25) is 0 Å². The van der Waals surface area contributed by atoms with Gasteiger partial charge in [-0.15, -0.1) is 0 Å². The SMILES string of the molecule is CCOCCN(CCOCC)CC(NC)C(=O)OCC. The number of likely N-dealkylation sites (N-methyl/N-ethyl adjacent to an activating group) is 1. The van der Waals surface area contributed by atoms with Crippen molar-refractivity contribution in [3.8, 4) is 0 Å². The number of carbonyl (C=O) groups excluding carboxylic acids is 1. The number of esters is 1. The highest BCUT2D eigenvalue weighted by Gasteiger charge is 2.20. The number of nitrogens with one attached hydrogen (secondary N) is 1. The molecule has 0 radical (unpaired) electrons. The van der Waals surface area contributed by atoms with Crippen molar-refractivity contribution in [3.63, 3.8) is 0 Å². The maximum absolute atomic E-state index is 11.8. The van der Waals surface area contributed by atoms with Gasteiger partial charge < -0.3 is 19.5 Å². The summed E-state index contributed by atoms with van der Waals surface area (Å²) in [5.74, 6) is -0.215. The highest BCUT2D eigenvalue weighted by atomic mass is 16.5. The molecule has 0 aliphatic rings. The molecule has 0 heterocycles. The minimum Gasteiger partial charge on any atom is -0.465 e. The molecule has 0 saturated heterocycles. The zero-order chi connectivity index (χ0) is 15.2. The maximum Gasteiger partial charge on any atom is 0.324 e. The smallest absolute Gasteiger partial charge is 0.324 e. The molecule has 0 aromatic carbocycles. The summed E-state index contributed by atoms with van der Waals surface area (Å²) in [6.45, 7) is 11.0. The number of hydrogen-bond acceptors (Lipinski definition) is 6. The Morgan fingerprint density at radius 1 is 1.05 bits per heavy atom. The van der Waals surface area contributed by atoms with Gasteiger partial charge in [0.1, 0.15) is 6.04 Å². The molecule has 0 bridgehead atoms. The number of rotatable bonds is 13. The minimum absolute atomic E-state index is 0.215. The van der Waals surface area contributed by atoms with Gasteiger partial charge in [-0.25, -0.2) is 0 Å². The predicted molar refractivity (Wildman–Crippen MR) is 78.9 cm³/mol. The van der Waals surface area contributed by atoms with E-state index in [2.05, 4.69) is 10.2 Å². The molecule has 0 aromatic heterocycles. The van der Waals surface area contributed by atoms with Crippen LogP contribution in [0.25, 0.3) is 0 Å². The third-order valence-electron chi connectivity index (χ3n) is 2.87. The van der Waals surface area contributed by atoms with Crippen LogP contribution in [0.15, 0.2) is 0 Å². The van der Waals surface area contributed by atoms with E-state index in [1.54, 1.807) is 7.05 Å². The standard InChI is InChI=1S/C14H30N2O4/c1-5-18-10-8-16(9-11-19-6-2)12-13(15-4)14(17)20-7-3/h13,15H,5-12H2,1-4H3. The Morgan fingerprint density at radius 2 is 1.60 bits per heavy atom. The summed E-state index contributed by atoms with van der Waals surface area (Å²) in [6, 6.07) is -0.321. The third-order valence-corrected chi connectivity index (χ3v) is 2.87. The lowest BCUT2D eigenvalue weighted by Crippen LogP contribution is -2.47. The Morgan fingerprint density at radius 3 is 2.00 bits per heavy atom. The molecule has 1 atom stereocenters. The average molecular weight is 290 g/mol. The molecule has 0 rings (SSSR count). The van der Waals surface area contributed by atoms with Gasteiger partial charge in [0.15, 0.2) is 0 Å². The van der Waals surface area contributed by atoms with Gasteiger partial charge in [-0.3, -0.25) is 9.69 Å². The lowest BCUT2D eigenvalue weighted by atomic mass is 10.2. The average Bonchev–Trinajstić information content (AvgIpc) is 2.44. The molecule has 6 nitrogen and oxygen atoms in total. The Bertz CT molecular complexity index is 229. The van der Waals surface area contributed by atoms with Gasteiger partial charge >= 0.3 is 5.97 Å². The molecule has 0 fully saturated rings. The Hall–Kier alpha value is -0.690. The molecule has 0 aliphatic carbocycles. The van der Waals surface area contributed by atoms with Gasteiger partial charge in [-0.05, 0) is 27.8 Å². The molecule has 6 heteroatoms. The van der Waals surface area contributed by atoms with Crippen LogP contribution in [-0.2, 0) is 19.0 Å². The molecule has 0 aromatic rings. The first kappa shape index (κ1) is 19.3. The van der Waals surface area contributed by atoms with Crippen LogP contribution in [0.3, 0.4) is 0 Å². The highest BCUT2D eigenvalue weighted by Crippen LogP contribution is 1.97. The zero-order valence-electron chi connectivity index (χ0n) is 13.3. The molecule has 1 unspecified atom stereocenters. The van der Waals surface area contributed by atoms with Gasteiger partial charge in [-0.2, -0.15) is 0 Å². The van der Waals surface area contributed by atoms with Crippen molar-refractivity contribution in [3.05, 3.63) is 0 Å². The molecule has 20 heavy (non-hydrogen) atoms. The maximum atomic E-state index is 11.8. The predicted octanol–water partition coefficient (Wildman–Crippen LogP) is 0.513. The normalized spacial score (nSPS) is 12.7. The third kappa shape index (κ3) is 9.25. The van der Waals surface area contributed by atoms with E-state index in [0.29, 0.717) is 39.6 Å². The van der Waals surface area contributed by atoms with Crippen LogP contribution >= 0.6 is 0 Å². The second-order valence-corrected chi connectivity index (χ2v) is 4.29. The fraction of sp³-hybridized carbons (Fsp3) is 0.929. The fourth-order valence-electron chi connectivity index (χ4n) is 1.76. The van der Waals surface area contributed by atoms with Gasteiger partial charge in [-0.1, -0.05) is 0 Å². The molecule has 120 valence electrons. The van der Waals surface area contributed by atoms with Crippen LogP contribution in [-0.4, -0.2) is 76.6 Å². The van der Waals surface area contributed by atoms with Crippen molar-refractivity contribution in [1.29, 1.82) is 0 Å². The summed E-state index contributed by atoms with van der Waals surface area (Å²) in [6.07, 6.45) is 0. The molecular weight excluding hydrogens is 260 g/mol. The number of nitrogens with zero attached hydrogens (tertiary/aromatic N) is 1. The Labute approximate surface area is 122 Å². The fourth-order valence-corrected chi connectivity index (χ4v) is 1.76. The number of carbonyl (C=O) groups is 1. The van der Waals surface area contributed by atoms with Crippen molar-refractivity contribution in [2.24, 2.45) is 0 Å². The van der Waals surface area contributed by atoms with Crippen LogP contribution in [0.5, 0.6) is 0 Å². The van der Waals surface area contributed by atoms with Crippen LogP contribution in [0.4, 0.5) is 0 Å². The Kier molecular flexibility index (Phi) is 12.8. The first-order valence-corrected chi connectivity index (χ1v) is 7.41. The van der Waals surface area contributed by atoms with E-state index in [-0.39, 0.29) is 12.0 Å². The van der Waals surface area contributed by atoms with E-state index in [1.807, 2.05) is 20.8 Å². The first-order chi connectivity index (χ1) is 9.69. The Balaban J connectivity index is 4.29. The molecule has 0 aliphatic heterocycles. The zero-order valence-corrected chi connectivity index (χ0v) is 13.3. The topological polar surface area (TPSA) is 60.0 Å². The van der Waals surface area contributed by atoms with E-state index in [4.69, 9.17) is 14.2 Å². The van der Waals surface area contributed by atoms with E-state index in [9.17, 15) is 4.79 Å². The van der Waals surface area contributed by atoms with E-state index >= 15 is 0 Å². The quantitative estimate of drug-likeness (QED) is 0.394. The highest BCUT2D eigenvalue weighted by molar-refractivity contribution is 5.76. The number of hydrogen-bond donors (Lipinski definition) is 1. The first-order valence-electron chi connectivity index (χ1n) is 7.41. The van der Waals surface area contributed by atoms with Crippen molar-refractivity contribution in [2.75, 3.05) is 59.7 Å². The summed E-state index contributed by atoms with van der Waals surface area (Å²) < 4.78 is 15.8. The lowest BCUT2D eigenvalue weighted by Gasteiger charge is -2.26. The van der Waals surface area contributed by atoms with Crippen molar-refractivity contribution in [1.82, 2.24) is 10.2 Å². The van der Waals surface area contributed by atoms with Crippen molar-refractivity contribution < 1.29 is 19.0 Å². The second-order valence-electron chi connectivity index (χ2n) is 4.29. The van der Waals surface area contributed by atoms with E-state index in [1.165, 1.54) is 0 Å². The summed E-state index contributed by atoms with van der Waals surface area (Å²) in [5.41, 5.74) is 0. The monoisotopic (exact) mass is 290 g/mol. The summed E-state index contributed by atoms with van der Waals surface area (Å²) >= 11 is 0.